The predicted octanol–water partition coefficient (Wildman–Crippen LogP) is 2.98. The van der Waals surface area contributed by atoms with Crippen LogP contribution in [0.5, 0.6) is 0 Å². The zero-order chi connectivity index (χ0) is 14.4. The molecular formula is C15H23N3OS. The first-order valence-corrected chi connectivity index (χ1v) is 8.17. The largest absolute Gasteiger partial charge is 0.337 e. The molecule has 2 unspecified atom stereocenters. The maximum Gasteiger partial charge on any atom is 0.319 e. The number of rotatable bonds is 5. The molecule has 0 spiro atoms. The quantitative estimate of drug-likeness (QED) is 0.782. The number of nitrogens with one attached hydrogen (secondary N) is 3. The molecule has 2 atom stereocenters. The fourth-order valence-electron chi connectivity index (χ4n) is 2.21. The van der Waals surface area contributed by atoms with E-state index in [2.05, 4.69) is 22.9 Å². The van der Waals surface area contributed by atoms with E-state index in [0.29, 0.717) is 11.3 Å². The molecule has 4 nitrogen and oxygen atoms in total. The van der Waals surface area contributed by atoms with Gasteiger partial charge in [-0.1, -0.05) is 12.1 Å². The Labute approximate surface area is 125 Å². The monoisotopic (exact) mass is 293 g/mol. The summed E-state index contributed by atoms with van der Waals surface area (Å²) in [6.07, 6.45) is 2.48. The smallest absolute Gasteiger partial charge is 0.319 e. The number of urea groups is 1. The van der Waals surface area contributed by atoms with Crippen LogP contribution in [-0.2, 0) is 0 Å². The molecule has 1 aliphatic rings. The molecule has 2 amide bonds. The molecule has 1 heterocycles. The first-order valence-electron chi connectivity index (χ1n) is 7.12. The van der Waals surface area contributed by atoms with Gasteiger partial charge < -0.3 is 16.0 Å². The van der Waals surface area contributed by atoms with Crippen molar-refractivity contribution in [3.05, 3.63) is 29.8 Å². The first kappa shape index (κ1) is 15.2. The van der Waals surface area contributed by atoms with Gasteiger partial charge in [0.05, 0.1) is 0 Å². The molecule has 0 aliphatic carbocycles. The SMILES string of the molecule is CNC(C)c1ccc(NC(=O)NCC2CCCS2)cc1. The number of benzene rings is 1. The Balaban J connectivity index is 1.78. The predicted molar refractivity (Wildman–Crippen MR) is 86.4 cm³/mol. The van der Waals surface area contributed by atoms with Gasteiger partial charge >= 0.3 is 6.03 Å². The van der Waals surface area contributed by atoms with Crippen LogP contribution >= 0.6 is 11.8 Å². The highest BCUT2D eigenvalue weighted by Gasteiger charge is 2.16. The number of carbonyl (C=O) groups excluding carboxylic acids is 1. The molecule has 0 bridgehead atoms. The molecule has 1 aromatic carbocycles. The van der Waals surface area contributed by atoms with Crippen molar-refractivity contribution in [3.8, 4) is 0 Å². The Morgan fingerprint density at radius 2 is 2.15 bits per heavy atom. The molecule has 3 N–H and O–H groups in total. The Morgan fingerprint density at radius 1 is 1.40 bits per heavy atom. The van der Waals surface area contributed by atoms with Gasteiger partial charge in [0.15, 0.2) is 0 Å². The summed E-state index contributed by atoms with van der Waals surface area (Å²) in [5, 5.41) is 9.58. The van der Waals surface area contributed by atoms with Crippen molar-refractivity contribution in [1.82, 2.24) is 10.6 Å². The van der Waals surface area contributed by atoms with E-state index < -0.39 is 0 Å². The third kappa shape index (κ3) is 4.42. The molecule has 1 saturated heterocycles. The van der Waals surface area contributed by atoms with Crippen LogP contribution in [0, 0.1) is 0 Å². The average Bonchev–Trinajstić information content (AvgIpc) is 2.98. The van der Waals surface area contributed by atoms with E-state index in [1.807, 2.05) is 43.1 Å². The van der Waals surface area contributed by atoms with Gasteiger partial charge in [0.25, 0.3) is 0 Å². The van der Waals surface area contributed by atoms with Crippen LogP contribution in [0.3, 0.4) is 0 Å². The molecule has 0 saturated carbocycles. The zero-order valence-electron chi connectivity index (χ0n) is 12.1. The Hall–Kier alpha value is -1.20. The summed E-state index contributed by atoms with van der Waals surface area (Å²) in [5.41, 5.74) is 2.04. The van der Waals surface area contributed by atoms with Crippen LogP contribution in [0.2, 0.25) is 0 Å². The Bertz CT molecular complexity index is 429. The van der Waals surface area contributed by atoms with E-state index in [9.17, 15) is 4.79 Å². The van der Waals surface area contributed by atoms with Crippen molar-refractivity contribution in [1.29, 1.82) is 0 Å². The van der Waals surface area contributed by atoms with E-state index in [0.717, 1.165) is 12.2 Å². The van der Waals surface area contributed by atoms with Crippen LogP contribution in [0.1, 0.15) is 31.4 Å². The van der Waals surface area contributed by atoms with E-state index in [-0.39, 0.29) is 6.03 Å². The highest BCUT2D eigenvalue weighted by Crippen LogP contribution is 2.25. The lowest BCUT2D eigenvalue weighted by molar-refractivity contribution is 0.252. The number of anilines is 1. The van der Waals surface area contributed by atoms with Crippen molar-refractivity contribution in [2.45, 2.75) is 31.1 Å². The molecule has 1 aromatic rings. The maximum absolute atomic E-state index is 11.8. The molecule has 0 aromatic heterocycles. The standard InChI is InChI=1S/C15H23N3OS/c1-11(16-2)12-5-7-13(8-6-12)18-15(19)17-10-14-4-3-9-20-14/h5-8,11,14,16H,3-4,9-10H2,1-2H3,(H2,17,18,19). The summed E-state index contributed by atoms with van der Waals surface area (Å²) in [5.74, 6) is 1.22. The van der Waals surface area contributed by atoms with Gasteiger partial charge in [-0.3, -0.25) is 0 Å². The molecule has 110 valence electrons. The first-order chi connectivity index (χ1) is 9.69. The summed E-state index contributed by atoms with van der Waals surface area (Å²) < 4.78 is 0. The molecule has 2 rings (SSSR count). The van der Waals surface area contributed by atoms with Gasteiger partial charge in [0.2, 0.25) is 0 Å². The second-order valence-electron chi connectivity index (χ2n) is 5.10. The summed E-state index contributed by atoms with van der Waals surface area (Å²) >= 11 is 1.95. The van der Waals surface area contributed by atoms with Crippen LogP contribution < -0.4 is 16.0 Å². The van der Waals surface area contributed by atoms with E-state index >= 15 is 0 Å². The number of hydrogen-bond acceptors (Lipinski definition) is 3. The van der Waals surface area contributed by atoms with Gasteiger partial charge in [-0.2, -0.15) is 11.8 Å². The summed E-state index contributed by atoms with van der Waals surface area (Å²) in [6, 6.07) is 8.14. The zero-order valence-corrected chi connectivity index (χ0v) is 12.9. The van der Waals surface area contributed by atoms with Crippen molar-refractivity contribution < 1.29 is 4.79 Å². The van der Waals surface area contributed by atoms with Gasteiger partial charge in [-0.15, -0.1) is 0 Å². The second kappa shape index (κ2) is 7.55. The van der Waals surface area contributed by atoms with Crippen molar-refractivity contribution in [2.24, 2.45) is 0 Å². The van der Waals surface area contributed by atoms with Crippen LogP contribution in [0.25, 0.3) is 0 Å². The highest BCUT2D eigenvalue weighted by atomic mass is 32.2. The fraction of sp³-hybridized carbons (Fsp3) is 0.533. The van der Waals surface area contributed by atoms with Gasteiger partial charge in [0, 0.05) is 23.5 Å². The molecular weight excluding hydrogens is 270 g/mol. The lowest BCUT2D eigenvalue weighted by Gasteiger charge is -2.13. The highest BCUT2D eigenvalue weighted by molar-refractivity contribution is 8.00. The van der Waals surface area contributed by atoms with Crippen LogP contribution in [0.15, 0.2) is 24.3 Å². The van der Waals surface area contributed by atoms with Gasteiger partial charge in [-0.25, -0.2) is 4.79 Å². The third-order valence-electron chi connectivity index (χ3n) is 3.62. The van der Waals surface area contributed by atoms with Gasteiger partial charge in [0.1, 0.15) is 0 Å². The number of thioether (sulfide) groups is 1. The normalized spacial score (nSPS) is 19.6. The summed E-state index contributed by atoms with van der Waals surface area (Å²) in [6.45, 7) is 2.86. The van der Waals surface area contributed by atoms with E-state index in [1.54, 1.807) is 0 Å². The fourth-order valence-corrected chi connectivity index (χ4v) is 3.41. The van der Waals surface area contributed by atoms with Crippen LogP contribution in [0.4, 0.5) is 10.5 Å². The lowest BCUT2D eigenvalue weighted by atomic mass is 10.1. The van der Waals surface area contributed by atoms with E-state index in [4.69, 9.17) is 0 Å². The minimum absolute atomic E-state index is 0.119. The Kier molecular flexibility index (Phi) is 5.73. The molecule has 5 heteroatoms. The molecule has 1 aliphatic heterocycles. The molecule has 20 heavy (non-hydrogen) atoms. The second-order valence-corrected chi connectivity index (χ2v) is 6.51. The minimum Gasteiger partial charge on any atom is -0.337 e. The summed E-state index contributed by atoms with van der Waals surface area (Å²) in [7, 11) is 1.94. The van der Waals surface area contributed by atoms with Crippen LogP contribution in [-0.4, -0.2) is 30.6 Å². The third-order valence-corrected chi connectivity index (χ3v) is 5.01. The summed E-state index contributed by atoms with van der Waals surface area (Å²) in [4.78, 5) is 11.8. The van der Waals surface area contributed by atoms with E-state index in [1.165, 1.54) is 24.2 Å². The van der Waals surface area contributed by atoms with Crippen molar-refractivity contribution in [2.75, 3.05) is 24.7 Å². The number of amides is 2. The maximum atomic E-state index is 11.8. The molecule has 0 radical (unpaired) electrons. The van der Waals surface area contributed by atoms with Crippen molar-refractivity contribution in [3.63, 3.8) is 0 Å². The Morgan fingerprint density at radius 3 is 2.75 bits per heavy atom. The topological polar surface area (TPSA) is 53.2 Å². The number of carbonyl (C=O) groups is 1. The molecule has 1 fully saturated rings. The average molecular weight is 293 g/mol. The van der Waals surface area contributed by atoms with Crippen molar-refractivity contribution >= 4 is 23.5 Å². The van der Waals surface area contributed by atoms with Gasteiger partial charge in [-0.05, 0) is 50.3 Å². The lowest BCUT2D eigenvalue weighted by Crippen LogP contribution is -2.33. The number of hydrogen-bond donors (Lipinski definition) is 3. The minimum atomic E-state index is -0.119.